The number of benzene rings is 3. The van der Waals surface area contributed by atoms with Crippen molar-refractivity contribution in [3.05, 3.63) is 100 Å². The van der Waals surface area contributed by atoms with Crippen molar-refractivity contribution < 1.29 is 14.3 Å². The van der Waals surface area contributed by atoms with Crippen LogP contribution in [0, 0.1) is 11.3 Å². The van der Waals surface area contributed by atoms with Crippen LogP contribution in [0.25, 0.3) is 0 Å². The van der Waals surface area contributed by atoms with Gasteiger partial charge in [-0.05, 0) is 79.7 Å². The van der Waals surface area contributed by atoms with Crippen LogP contribution in [0.4, 0.5) is 0 Å². The van der Waals surface area contributed by atoms with E-state index >= 15 is 0 Å². The van der Waals surface area contributed by atoms with Gasteiger partial charge >= 0.3 is 0 Å². The summed E-state index contributed by atoms with van der Waals surface area (Å²) in [6, 6.07) is 26.4. The molecule has 3 aromatic rings. The number of carbonyl (C=O) groups is 2. The first-order chi connectivity index (χ1) is 19.9. The summed E-state index contributed by atoms with van der Waals surface area (Å²) < 4.78 is 6.42. The minimum atomic E-state index is -0.214. The highest BCUT2D eigenvalue weighted by Gasteiger charge is 2.48. The Kier molecular flexibility index (Phi) is 9.60. The van der Waals surface area contributed by atoms with Gasteiger partial charge in [-0.1, -0.05) is 64.5 Å². The first-order valence-electron chi connectivity index (χ1n) is 14.7. The Balaban J connectivity index is 0.00000353. The molecule has 8 heteroatoms. The monoisotopic (exact) mass is 651 g/mol. The molecule has 0 aliphatic carbocycles. The third-order valence-electron chi connectivity index (χ3n) is 9.47. The van der Waals surface area contributed by atoms with E-state index in [9.17, 15) is 9.59 Å². The van der Waals surface area contributed by atoms with Crippen molar-refractivity contribution in [1.82, 2.24) is 14.7 Å². The normalized spacial score (nSPS) is 21.9. The molecule has 3 aromatic carbocycles. The number of methoxy groups -OCH3 is 1. The molecule has 3 aliphatic heterocycles. The number of rotatable bonds is 7. The maximum atomic E-state index is 13.6. The van der Waals surface area contributed by atoms with Crippen molar-refractivity contribution in [2.75, 3.05) is 46.4 Å². The topological polar surface area (TPSA) is 53.1 Å². The van der Waals surface area contributed by atoms with Crippen molar-refractivity contribution in [1.29, 1.82) is 0 Å². The Hall–Kier alpha value is -2.87. The molecule has 1 spiro atoms. The second kappa shape index (κ2) is 13.2. The third-order valence-corrected chi connectivity index (χ3v) is 10.00. The smallest absolute Gasteiger partial charge is 0.254 e. The van der Waals surface area contributed by atoms with Crippen molar-refractivity contribution >= 4 is 40.2 Å². The number of hydrogen-bond acceptors (Lipinski definition) is 4. The van der Waals surface area contributed by atoms with Gasteiger partial charge in [-0.2, -0.15) is 0 Å². The zero-order chi connectivity index (χ0) is 28.4. The van der Waals surface area contributed by atoms with E-state index in [1.54, 1.807) is 7.11 Å². The molecule has 42 heavy (non-hydrogen) atoms. The quantitative estimate of drug-likeness (QED) is 0.303. The summed E-state index contributed by atoms with van der Waals surface area (Å²) in [4.78, 5) is 33.7. The number of piperidine rings is 1. The van der Waals surface area contributed by atoms with Crippen molar-refractivity contribution in [3.63, 3.8) is 0 Å². The second-order valence-electron chi connectivity index (χ2n) is 11.9. The van der Waals surface area contributed by atoms with E-state index < -0.39 is 0 Å². The molecule has 0 N–H and O–H groups in total. The minimum absolute atomic E-state index is 0. The molecule has 0 bridgehead atoms. The van der Waals surface area contributed by atoms with Gasteiger partial charge in [0.1, 0.15) is 5.75 Å². The van der Waals surface area contributed by atoms with Gasteiger partial charge in [0.25, 0.3) is 5.91 Å². The van der Waals surface area contributed by atoms with Crippen LogP contribution in [0.3, 0.4) is 0 Å². The van der Waals surface area contributed by atoms with Gasteiger partial charge in [0.2, 0.25) is 5.91 Å². The molecular formula is C34H39BrClN3O3. The summed E-state index contributed by atoms with van der Waals surface area (Å²) in [6.45, 7) is 5.78. The molecule has 0 aromatic heterocycles. The maximum Gasteiger partial charge on any atom is 0.254 e. The van der Waals surface area contributed by atoms with Crippen molar-refractivity contribution in [2.45, 2.75) is 31.7 Å². The number of halogens is 2. The molecule has 2 amide bonds. The first-order valence-corrected chi connectivity index (χ1v) is 15.5. The highest BCUT2D eigenvalue weighted by molar-refractivity contribution is 9.10. The van der Waals surface area contributed by atoms with Crippen LogP contribution < -0.4 is 4.74 Å². The predicted molar refractivity (Wildman–Crippen MR) is 171 cm³/mol. The Morgan fingerprint density at radius 1 is 0.929 bits per heavy atom. The predicted octanol–water partition coefficient (Wildman–Crippen LogP) is 6.25. The first kappa shape index (κ1) is 30.6. The van der Waals surface area contributed by atoms with Crippen LogP contribution in [-0.4, -0.2) is 72.9 Å². The average Bonchev–Trinajstić information content (AvgIpc) is 3.56. The van der Waals surface area contributed by atoms with Crippen molar-refractivity contribution in [3.8, 4) is 5.75 Å². The lowest BCUT2D eigenvalue weighted by Gasteiger charge is -2.39. The molecule has 3 saturated heterocycles. The summed E-state index contributed by atoms with van der Waals surface area (Å²) in [7, 11) is 1.63. The lowest BCUT2D eigenvalue weighted by Crippen LogP contribution is -2.46. The van der Waals surface area contributed by atoms with E-state index in [0.29, 0.717) is 36.2 Å². The molecule has 0 saturated carbocycles. The maximum absolute atomic E-state index is 13.6. The van der Waals surface area contributed by atoms with Gasteiger partial charge in [0.05, 0.1) is 12.5 Å². The molecule has 222 valence electrons. The molecule has 6 rings (SSSR count). The van der Waals surface area contributed by atoms with Gasteiger partial charge in [-0.3, -0.25) is 9.59 Å². The van der Waals surface area contributed by atoms with Crippen molar-refractivity contribution in [2.24, 2.45) is 11.3 Å². The number of likely N-dealkylation sites (tertiary alicyclic amines) is 3. The summed E-state index contributed by atoms with van der Waals surface area (Å²) in [5.74, 6) is 1.72. The van der Waals surface area contributed by atoms with Crippen LogP contribution in [0.2, 0.25) is 0 Å². The summed E-state index contributed by atoms with van der Waals surface area (Å²) in [6.07, 6.45) is 2.78. The fourth-order valence-corrected chi connectivity index (χ4v) is 7.32. The SMILES string of the molecule is COc1cccc(C(=O)N2C[C@H](CN3CCC4(CC3)CCN(Cc3ccc(Br)cc3)C4=O)[C@@H](c3ccccc3)C2)c1.Cl. The fourth-order valence-electron chi connectivity index (χ4n) is 7.05. The number of nitrogens with zero attached hydrogens (tertiary/aromatic N) is 3. The average molecular weight is 653 g/mol. The standard InChI is InChI=1S/C34H38BrN3O3.ClH/c1-41-30-9-5-8-27(20-30)32(39)38-23-28(31(24-38)26-6-3-2-4-7-26)22-36-17-14-34(15-18-36)16-19-37(33(34)40)21-25-10-12-29(35)13-11-25;/h2-13,20,28,31H,14-19,21-24H2,1H3;1H/t28-,31+;/m0./s1. The number of ether oxygens (including phenoxy) is 1. The summed E-state index contributed by atoms with van der Waals surface area (Å²) in [5, 5.41) is 0. The highest BCUT2D eigenvalue weighted by atomic mass is 79.9. The van der Waals surface area contributed by atoms with Crippen LogP contribution in [-0.2, 0) is 11.3 Å². The molecule has 0 unspecified atom stereocenters. The molecule has 6 nitrogen and oxygen atoms in total. The fraction of sp³-hybridized carbons (Fsp3) is 0.412. The molecule has 3 fully saturated rings. The highest BCUT2D eigenvalue weighted by Crippen LogP contribution is 2.43. The van der Waals surface area contributed by atoms with E-state index in [2.05, 4.69) is 68.2 Å². The summed E-state index contributed by atoms with van der Waals surface area (Å²) in [5.41, 5.74) is 2.93. The van der Waals surface area contributed by atoms with Crippen LogP contribution in [0.5, 0.6) is 5.75 Å². The second-order valence-corrected chi connectivity index (χ2v) is 12.8. The Morgan fingerprint density at radius 2 is 1.64 bits per heavy atom. The number of carbonyl (C=O) groups excluding carboxylic acids is 2. The van der Waals surface area contributed by atoms with E-state index in [4.69, 9.17) is 4.74 Å². The molecule has 3 aliphatic rings. The number of amides is 2. The van der Waals surface area contributed by atoms with Gasteiger partial charge in [0, 0.05) is 48.7 Å². The molecule has 3 heterocycles. The summed E-state index contributed by atoms with van der Waals surface area (Å²) >= 11 is 3.50. The number of hydrogen-bond donors (Lipinski definition) is 0. The van der Waals surface area contributed by atoms with E-state index in [0.717, 1.165) is 56.5 Å². The van der Waals surface area contributed by atoms with E-state index in [1.165, 1.54) is 11.1 Å². The van der Waals surface area contributed by atoms with Crippen LogP contribution in [0.15, 0.2) is 83.3 Å². The Bertz CT molecular complexity index is 1380. The lowest BCUT2D eigenvalue weighted by atomic mass is 9.76. The van der Waals surface area contributed by atoms with Crippen LogP contribution in [0.1, 0.15) is 46.7 Å². The van der Waals surface area contributed by atoms with Gasteiger partial charge in [0.15, 0.2) is 0 Å². The van der Waals surface area contributed by atoms with Crippen LogP contribution >= 0.6 is 28.3 Å². The van der Waals surface area contributed by atoms with Gasteiger partial charge < -0.3 is 19.4 Å². The van der Waals surface area contributed by atoms with E-state index in [1.807, 2.05) is 41.3 Å². The van der Waals surface area contributed by atoms with Gasteiger partial charge in [-0.15, -0.1) is 12.4 Å². The molecule has 0 radical (unpaired) electrons. The molecule has 2 atom stereocenters. The lowest BCUT2D eigenvalue weighted by molar-refractivity contribution is -0.139. The molecular weight excluding hydrogens is 614 g/mol. The minimum Gasteiger partial charge on any atom is -0.497 e. The zero-order valence-corrected chi connectivity index (χ0v) is 26.5. The Labute approximate surface area is 263 Å². The zero-order valence-electron chi connectivity index (χ0n) is 24.1. The largest absolute Gasteiger partial charge is 0.497 e. The Morgan fingerprint density at radius 3 is 2.36 bits per heavy atom. The van der Waals surface area contributed by atoms with Gasteiger partial charge in [-0.25, -0.2) is 0 Å². The third kappa shape index (κ3) is 6.38. The van der Waals surface area contributed by atoms with E-state index in [-0.39, 0.29) is 29.6 Å².